The third kappa shape index (κ3) is 4.25. The molecule has 0 aromatic carbocycles. The summed E-state index contributed by atoms with van der Waals surface area (Å²) in [5, 5.41) is 3.89. The lowest BCUT2D eigenvalue weighted by Crippen LogP contribution is -2.14. The molecule has 2 nitrogen and oxygen atoms in total. The van der Waals surface area contributed by atoms with Gasteiger partial charge in [-0.05, 0) is 24.6 Å². The highest BCUT2D eigenvalue weighted by molar-refractivity contribution is 6.29. The summed E-state index contributed by atoms with van der Waals surface area (Å²) in [6, 6.07) is 3.81. The Morgan fingerprint density at radius 2 is 2.31 bits per heavy atom. The lowest BCUT2D eigenvalue weighted by atomic mass is 10.3. The van der Waals surface area contributed by atoms with Crippen LogP contribution in [0.3, 0.4) is 0 Å². The fourth-order valence-corrected chi connectivity index (χ4v) is 1.16. The molecule has 0 radical (unpaired) electrons. The number of rotatable bonds is 5. The summed E-state index contributed by atoms with van der Waals surface area (Å²) < 4.78 is 0. The fourth-order valence-electron chi connectivity index (χ4n) is 1.05. The lowest BCUT2D eigenvalue weighted by Gasteiger charge is -2.02. The number of hydrogen-bond acceptors (Lipinski definition) is 2. The van der Waals surface area contributed by atoms with Gasteiger partial charge in [0.1, 0.15) is 5.15 Å². The molecule has 0 saturated heterocycles. The minimum Gasteiger partial charge on any atom is -0.313 e. The molecule has 3 heteroatoms. The molecule has 1 aromatic rings. The molecule has 1 aromatic heterocycles. The van der Waals surface area contributed by atoms with Gasteiger partial charge in [-0.2, -0.15) is 0 Å². The van der Waals surface area contributed by atoms with Gasteiger partial charge in [-0.15, -0.1) is 0 Å². The molecule has 0 spiro atoms. The van der Waals surface area contributed by atoms with Crippen LogP contribution in [0.25, 0.3) is 0 Å². The SMILES string of the molecule is CCCCNCc1ccc(Cl)nc1. The summed E-state index contributed by atoms with van der Waals surface area (Å²) in [6.07, 6.45) is 4.26. The lowest BCUT2D eigenvalue weighted by molar-refractivity contribution is 0.640. The van der Waals surface area contributed by atoms with Crippen molar-refractivity contribution in [3.63, 3.8) is 0 Å². The van der Waals surface area contributed by atoms with Gasteiger partial charge in [0, 0.05) is 12.7 Å². The summed E-state index contributed by atoms with van der Waals surface area (Å²) in [6.45, 7) is 4.13. The van der Waals surface area contributed by atoms with Crippen LogP contribution in [0, 0.1) is 0 Å². The van der Waals surface area contributed by atoms with Crippen LogP contribution in [0.5, 0.6) is 0 Å². The normalized spacial score (nSPS) is 10.3. The summed E-state index contributed by atoms with van der Waals surface area (Å²) in [4.78, 5) is 4.00. The van der Waals surface area contributed by atoms with Crippen molar-refractivity contribution < 1.29 is 0 Å². The molecular formula is C10H15ClN2. The number of aromatic nitrogens is 1. The molecule has 13 heavy (non-hydrogen) atoms. The average molecular weight is 199 g/mol. The van der Waals surface area contributed by atoms with Gasteiger partial charge in [0.25, 0.3) is 0 Å². The zero-order chi connectivity index (χ0) is 9.52. The van der Waals surface area contributed by atoms with Crippen molar-refractivity contribution in [3.8, 4) is 0 Å². The predicted molar refractivity (Wildman–Crippen MR) is 55.9 cm³/mol. The van der Waals surface area contributed by atoms with Gasteiger partial charge < -0.3 is 5.32 Å². The van der Waals surface area contributed by atoms with Crippen LogP contribution in [0.15, 0.2) is 18.3 Å². The van der Waals surface area contributed by atoms with E-state index in [0.29, 0.717) is 5.15 Å². The molecule has 0 aliphatic rings. The zero-order valence-corrected chi connectivity index (χ0v) is 8.64. The maximum absolute atomic E-state index is 5.66. The summed E-state index contributed by atoms with van der Waals surface area (Å²) in [5.74, 6) is 0. The van der Waals surface area contributed by atoms with Crippen LogP contribution in [0.2, 0.25) is 5.15 Å². The predicted octanol–water partition coefficient (Wildman–Crippen LogP) is 2.62. The first kappa shape index (κ1) is 10.5. The van der Waals surface area contributed by atoms with Crippen molar-refractivity contribution in [2.24, 2.45) is 0 Å². The molecule has 0 aliphatic carbocycles. The molecule has 0 atom stereocenters. The third-order valence-electron chi connectivity index (χ3n) is 1.82. The topological polar surface area (TPSA) is 24.9 Å². The summed E-state index contributed by atoms with van der Waals surface area (Å²) in [7, 11) is 0. The van der Waals surface area contributed by atoms with Crippen molar-refractivity contribution in [1.82, 2.24) is 10.3 Å². The summed E-state index contributed by atoms with van der Waals surface area (Å²) in [5.41, 5.74) is 1.18. The van der Waals surface area contributed by atoms with Gasteiger partial charge in [0.15, 0.2) is 0 Å². The van der Waals surface area contributed by atoms with E-state index >= 15 is 0 Å². The highest BCUT2D eigenvalue weighted by atomic mass is 35.5. The Labute approximate surface area is 84.3 Å². The Balaban J connectivity index is 2.25. The molecule has 0 bridgehead atoms. The van der Waals surface area contributed by atoms with Crippen molar-refractivity contribution in [1.29, 1.82) is 0 Å². The van der Waals surface area contributed by atoms with E-state index in [2.05, 4.69) is 17.2 Å². The monoisotopic (exact) mass is 198 g/mol. The minimum atomic E-state index is 0.553. The van der Waals surface area contributed by atoms with Gasteiger partial charge in [-0.25, -0.2) is 4.98 Å². The molecule has 0 aliphatic heterocycles. The number of nitrogens with zero attached hydrogens (tertiary/aromatic N) is 1. The van der Waals surface area contributed by atoms with Crippen LogP contribution in [0.1, 0.15) is 25.3 Å². The van der Waals surface area contributed by atoms with E-state index in [1.807, 2.05) is 12.1 Å². The quantitative estimate of drug-likeness (QED) is 0.581. The van der Waals surface area contributed by atoms with E-state index in [4.69, 9.17) is 11.6 Å². The first-order valence-corrected chi connectivity index (χ1v) is 5.02. The van der Waals surface area contributed by atoms with E-state index in [0.717, 1.165) is 13.1 Å². The van der Waals surface area contributed by atoms with Crippen LogP contribution < -0.4 is 5.32 Å². The molecule has 72 valence electrons. The van der Waals surface area contributed by atoms with Gasteiger partial charge in [-0.1, -0.05) is 31.0 Å². The maximum atomic E-state index is 5.66. The molecular weight excluding hydrogens is 184 g/mol. The molecule has 0 unspecified atom stereocenters. The Kier molecular flexibility index (Phi) is 4.79. The maximum Gasteiger partial charge on any atom is 0.129 e. The van der Waals surface area contributed by atoms with Crippen LogP contribution >= 0.6 is 11.6 Å². The zero-order valence-electron chi connectivity index (χ0n) is 7.89. The smallest absolute Gasteiger partial charge is 0.129 e. The number of hydrogen-bond donors (Lipinski definition) is 1. The molecule has 1 rings (SSSR count). The van der Waals surface area contributed by atoms with E-state index in [1.54, 1.807) is 6.20 Å². The van der Waals surface area contributed by atoms with Gasteiger partial charge >= 0.3 is 0 Å². The average Bonchev–Trinajstić information content (AvgIpc) is 2.15. The number of halogens is 1. The van der Waals surface area contributed by atoms with Crippen LogP contribution in [-0.4, -0.2) is 11.5 Å². The first-order valence-electron chi connectivity index (χ1n) is 4.64. The Bertz CT molecular complexity index is 233. The second-order valence-corrected chi connectivity index (χ2v) is 3.41. The second-order valence-electron chi connectivity index (χ2n) is 3.02. The minimum absolute atomic E-state index is 0.553. The van der Waals surface area contributed by atoms with Crippen molar-refractivity contribution in [2.45, 2.75) is 26.3 Å². The standard InChI is InChI=1S/C10H15ClN2/c1-2-3-6-12-7-9-4-5-10(11)13-8-9/h4-5,8,12H,2-3,6-7H2,1H3. The highest BCUT2D eigenvalue weighted by Gasteiger charge is 1.92. The molecule has 1 N–H and O–H groups in total. The van der Waals surface area contributed by atoms with E-state index in [9.17, 15) is 0 Å². The van der Waals surface area contributed by atoms with Crippen molar-refractivity contribution in [2.75, 3.05) is 6.54 Å². The van der Waals surface area contributed by atoms with Crippen molar-refractivity contribution >= 4 is 11.6 Å². The highest BCUT2D eigenvalue weighted by Crippen LogP contribution is 2.04. The molecule has 0 amide bonds. The fraction of sp³-hybridized carbons (Fsp3) is 0.500. The van der Waals surface area contributed by atoms with Crippen LogP contribution in [-0.2, 0) is 6.54 Å². The van der Waals surface area contributed by atoms with Crippen molar-refractivity contribution in [3.05, 3.63) is 29.0 Å². The van der Waals surface area contributed by atoms with E-state index in [-0.39, 0.29) is 0 Å². The Hall–Kier alpha value is -0.600. The molecule has 0 saturated carbocycles. The van der Waals surface area contributed by atoms with E-state index in [1.165, 1.54) is 18.4 Å². The van der Waals surface area contributed by atoms with Gasteiger partial charge in [0.05, 0.1) is 0 Å². The van der Waals surface area contributed by atoms with E-state index < -0.39 is 0 Å². The number of nitrogens with one attached hydrogen (secondary N) is 1. The molecule has 1 heterocycles. The summed E-state index contributed by atoms with van der Waals surface area (Å²) >= 11 is 5.66. The Morgan fingerprint density at radius 3 is 2.92 bits per heavy atom. The molecule has 0 fully saturated rings. The van der Waals surface area contributed by atoms with Gasteiger partial charge in [0.2, 0.25) is 0 Å². The Morgan fingerprint density at radius 1 is 1.46 bits per heavy atom. The largest absolute Gasteiger partial charge is 0.313 e. The van der Waals surface area contributed by atoms with Gasteiger partial charge in [-0.3, -0.25) is 0 Å². The number of pyridine rings is 1. The first-order chi connectivity index (χ1) is 6.33. The third-order valence-corrected chi connectivity index (χ3v) is 2.05. The second kappa shape index (κ2) is 5.95. The van der Waals surface area contributed by atoms with Crippen LogP contribution in [0.4, 0.5) is 0 Å². The number of unbranched alkanes of at least 4 members (excludes halogenated alkanes) is 1.